The van der Waals surface area contributed by atoms with Crippen molar-refractivity contribution in [3.8, 4) is 22.9 Å². The maximum Gasteiger partial charge on any atom is 0.231 e. The van der Waals surface area contributed by atoms with Crippen molar-refractivity contribution in [1.29, 1.82) is 0 Å². The van der Waals surface area contributed by atoms with Gasteiger partial charge in [0.15, 0.2) is 17.3 Å². The Bertz CT molecular complexity index is 1190. The Morgan fingerprint density at radius 1 is 1.07 bits per heavy atom. The number of ether oxygens (including phenoxy) is 2. The third-order valence-corrected chi connectivity index (χ3v) is 4.83. The number of hydrogen-bond acceptors (Lipinski definition) is 8. The number of nitrogens with one attached hydrogen (secondary N) is 1. The second-order valence-electron chi connectivity index (χ2n) is 6.77. The minimum Gasteiger partial charge on any atom is -0.454 e. The standard InChI is InChI=1S/C21H19N7O2/c1-28-21(25-14-4-5-16-17(11-14)30-12-29-16)26-20(27-28)15-3-2-8-24-19(15)18(22)13-6-9-23-10-7-13/h2-11,18H,12,22H2,1H3,(H,25,26,27). The molecule has 4 aromatic rings. The molecule has 4 heterocycles. The topological polar surface area (TPSA) is 113 Å². The van der Waals surface area contributed by atoms with Gasteiger partial charge in [0.2, 0.25) is 12.7 Å². The quantitative estimate of drug-likeness (QED) is 0.525. The molecule has 0 bridgehead atoms. The number of aryl methyl sites for hydroxylation is 1. The van der Waals surface area contributed by atoms with Gasteiger partial charge in [-0.1, -0.05) is 0 Å². The first-order chi connectivity index (χ1) is 14.7. The van der Waals surface area contributed by atoms with Gasteiger partial charge in [0.1, 0.15) is 0 Å². The van der Waals surface area contributed by atoms with Gasteiger partial charge in [0, 0.05) is 43.0 Å². The largest absolute Gasteiger partial charge is 0.454 e. The van der Waals surface area contributed by atoms with Crippen molar-refractivity contribution in [2.75, 3.05) is 12.1 Å². The highest BCUT2D eigenvalue weighted by Gasteiger charge is 2.20. The SMILES string of the molecule is Cn1nc(-c2cccnc2C(N)c2ccncc2)nc1Nc1ccc2c(c1)OCO2. The summed E-state index contributed by atoms with van der Waals surface area (Å²) in [5.74, 6) is 2.54. The molecular formula is C21H19N7O2. The number of anilines is 2. The van der Waals surface area contributed by atoms with Crippen LogP contribution in [0.5, 0.6) is 11.5 Å². The second-order valence-corrected chi connectivity index (χ2v) is 6.77. The fourth-order valence-electron chi connectivity index (χ4n) is 3.29. The molecule has 0 fully saturated rings. The number of rotatable bonds is 5. The van der Waals surface area contributed by atoms with Gasteiger partial charge in [-0.25, -0.2) is 4.68 Å². The third-order valence-electron chi connectivity index (χ3n) is 4.83. The predicted molar refractivity (Wildman–Crippen MR) is 110 cm³/mol. The molecule has 0 saturated heterocycles. The number of hydrogen-bond donors (Lipinski definition) is 2. The van der Waals surface area contributed by atoms with Gasteiger partial charge in [-0.15, -0.1) is 5.10 Å². The Labute approximate surface area is 172 Å². The molecule has 150 valence electrons. The first-order valence-corrected chi connectivity index (χ1v) is 9.37. The lowest BCUT2D eigenvalue weighted by atomic mass is 10.0. The number of nitrogens with zero attached hydrogens (tertiary/aromatic N) is 5. The minimum absolute atomic E-state index is 0.231. The maximum absolute atomic E-state index is 6.48. The highest BCUT2D eigenvalue weighted by Crippen LogP contribution is 2.35. The number of aromatic nitrogens is 5. The van der Waals surface area contributed by atoms with Crippen molar-refractivity contribution >= 4 is 11.6 Å². The molecule has 3 N–H and O–H groups in total. The fraction of sp³-hybridized carbons (Fsp3) is 0.143. The highest BCUT2D eigenvalue weighted by molar-refractivity contribution is 5.64. The van der Waals surface area contributed by atoms with E-state index in [-0.39, 0.29) is 6.79 Å². The van der Waals surface area contributed by atoms with Crippen LogP contribution in [0.15, 0.2) is 61.1 Å². The van der Waals surface area contributed by atoms with Crippen LogP contribution in [0, 0.1) is 0 Å². The number of fused-ring (bicyclic) bond motifs is 1. The molecule has 1 aliphatic heterocycles. The Hall–Kier alpha value is -3.98. The van der Waals surface area contributed by atoms with Gasteiger partial charge in [-0.3, -0.25) is 9.97 Å². The first kappa shape index (κ1) is 18.1. The van der Waals surface area contributed by atoms with Crippen LogP contribution in [-0.4, -0.2) is 31.5 Å². The van der Waals surface area contributed by atoms with Crippen molar-refractivity contribution < 1.29 is 9.47 Å². The average molecular weight is 401 g/mol. The predicted octanol–water partition coefficient (Wildman–Crippen LogP) is 2.79. The lowest BCUT2D eigenvalue weighted by molar-refractivity contribution is 0.174. The van der Waals surface area contributed by atoms with Crippen LogP contribution < -0.4 is 20.5 Å². The Morgan fingerprint density at radius 2 is 1.90 bits per heavy atom. The van der Waals surface area contributed by atoms with Crippen LogP contribution in [0.3, 0.4) is 0 Å². The van der Waals surface area contributed by atoms with Crippen molar-refractivity contribution in [2.24, 2.45) is 12.8 Å². The summed E-state index contributed by atoms with van der Waals surface area (Å²) in [5.41, 5.74) is 9.69. The van der Waals surface area contributed by atoms with E-state index in [2.05, 4.69) is 25.4 Å². The molecule has 1 unspecified atom stereocenters. The lowest BCUT2D eigenvalue weighted by Gasteiger charge is -2.13. The van der Waals surface area contributed by atoms with E-state index in [9.17, 15) is 0 Å². The lowest BCUT2D eigenvalue weighted by Crippen LogP contribution is -2.15. The van der Waals surface area contributed by atoms with E-state index in [4.69, 9.17) is 15.2 Å². The third kappa shape index (κ3) is 3.31. The average Bonchev–Trinajstić information content (AvgIpc) is 3.40. The minimum atomic E-state index is -0.418. The van der Waals surface area contributed by atoms with Crippen LogP contribution in [0.2, 0.25) is 0 Å². The summed E-state index contributed by atoms with van der Waals surface area (Å²) < 4.78 is 12.5. The van der Waals surface area contributed by atoms with Crippen molar-refractivity contribution in [2.45, 2.75) is 6.04 Å². The summed E-state index contributed by atoms with van der Waals surface area (Å²) in [5, 5.41) is 7.83. The Kier molecular flexibility index (Phi) is 4.49. The van der Waals surface area contributed by atoms with E-state index in [0.717, 1.165) is 22.6 Å². The van der Waals surface area contributed by atoms with Crippen molar-refractivity contribution in [1.82, 2.24) is 24.7 Å². The van der Waals surface area contributed by atoms with Crippen molar-refractivity contribution in [3.63, 3.8) is 0 Å². The van der Waals surface area contributed by atoms with E-state index in [1.165, 1.54) is 0 Å². The van der Waals surface area contributed by atoms with Gasteiger partial charge >= 0.3 is 0 Å². The Balaban J connectivity index is 1.46. The molecule has 1 aromatic carbocycles. The van der Waals surface area contributed by atoms with Gasteiger partial charge in [-0.05, 0) is 42.0 Å². The summed E-state index contributed by atoms with van der Waals surface area (Å²) in [6.45, 7) is 0.231. The van der Waals surface area contributed by atoms with Crippen LogP contribution in [0.25, 0.3) is 11.4 Å². The van der Waals surface area contributed by atoms with Crippen LogP contribution >= 0.6 is 0 Å². The molecule has 0 amide bonds. The molecule has 5 rings (SSSR count). The molecule has 0 spiro atoms. The van der Waals surface area contributed by atoms with Crippen LogP contribution in [-0.2, 0) is 7.05 Å². The summed E-state index contributed by atoms with van der Waals surface area (Å²) in [4.78, 5) is 13.2. The van der Waals surface area contributed by atoms with Gasteiger partial charge in [-0.2, -0.15) is 4.98 Å². The van der Waals surface area contributed by atoms with Crippen molar-refractivity contribution in [3.05, 3.63) is 72.3 Å². The fourth-order valence-corrected chi connectivity index (χ4v) is 3.29. The molecule has 0 radical (unpaired) electrons. The molecular weight excluding hydrogens is 382 g/mol. The zero-order valence-corrected chi connectivity index (χ0v) is 16.2. The summed E-state index contributed by atoms with van der Waals surface area (Å²) >= 11 is 0. The zero-order valence-electron chi connectivity index (χ0n) is 16.2. The van der Waals surface area contributed by atoms with E-state index in [1.807, 2.05) is 49.5 Å². The first-order valence-electron chi connectivity index (χ1n) is 9.37. The maximum atomic E-state index is 6.48. The van der Waals surface area contributed by atoms with Gasteiger partial charge in [0.25, 0.3) is 0 Å². The summed E-state index contributed by atoms with van der Waals surface area (Å²) in [7, 11) is 1.82. The van der Waals surface area contributed by atoms with E-state index in [0.29, 0.717) is 23.2 Å². The molecule has 0 saturated carbocycles. The smallest absolute Gasteiger partial charge is 0.231 e. The number of benzene rings is 1. The van der Waals surface area contributed by atoms with Crippen LogP contribution in [0.4, 0.5) is 11.6 Å². The van der Waals surface area contributed by atoms with Gasteiger partial charge < -0.3 is 20.5 Å². The van der Waals surface area contributed by atoms with E-state index >= 15 is 0 Å². The normalized spacial score (nSPS) is 13.3. The summed E-state index contributed by atoms with van der Waals surface area (Å²) in [6.07, 6.45) is 5.14. The molecule has 30 heavy (non-hydrogen) atoms. The monoisotopic (exact) mass is 401 g/mol. The molecule has 1 atom stereocenters. The van der Waals surface area contributed by atoms with E-state index < -0.39 is 6.04 Å². The number of nitrogens with two attached hydrogens (primary N) is 1. The molecule has 3 aromatic heterocycles. The van der Waals surface area contributed by atoms with Gasteiger partial charge in [0.05, 0.1) is 11.7 Å². The van der Waals surface area contributed by atoms with Crippen LogP contribution in [0.1, 0.15) is 17.3 Å². The molecule has 9 heteroatoms. The highest BCUT2D eigenvalue weighted by atomic mass is 16.7. The summed E-state index contributed by atoms with van der Waals surface area (Å²) in [6, 6.07) is 12.7. The molecule has 0 aliphatic carbocycles. The number of pyridine rings is 2. The van der Waals surface area contributed by atoms with E-state index in [1.54, 1.807) is 23.3 Å². The molecule has 9 nitrogen and oxygen atoms in total. The Morgan fingerprint density at radius 3 is 2.77 bits per heavy atom. The molecule has 1 aliphatic rings. The zero-order chi connectivity index (χ0) is 20.5. The second kappa shape index (κ2) is 7.45.